The van der Waals surface area contributed by atoms with Gasteiger partial charge in [0.1, 0.15) is 5.82 Å². The molecular weight excluding hydrogens is 541 g/mol. The Kier molecular flexibility index (Phi) is 9.61. The van der Waals surface area contributed by atoms with E-state index in [4.69, 9.17) is 34.8 Å². The first-order valence-electron chi connectivity index (χ1n) is 9.98. The molecule has 2 aromatic carbocycles. The fourth-order valence-electron chi connectivity index (χ4n) is 2.80. The summed E-state index contributed by atoms with van der Waals surface area (Å²) in [6.45, 7) is 4.55. The van der Waals surface area contributed by atoms with Crippen molar-refractivity contribution in [2.24, 2.45) is 16.7 Å². The molecule has 1 atom stereocenters. The molecule has 0 aliphatic rings. The van der Waals surface area contributed by atoms with Crippen molar-refractivity contribution in [3.63, 3.8) is 0 Å². The van der Waals surface area contributed by atoms with E-state index in [2.05, 4.69) is 22.3 Å². The molecule has 6 nitrogen and oxygen atoms in total. The van der Waals surface area contributed by atoms with Crippen LogP contribution in [0.2, 0.25) is 0 Å². The Morgan fingerprint density at radius 2 is 1.89 bits per heavy atom. The Bertz CT molecular complexity index is 1340. The molecule has 36 heavy (non-hydrogen) atoms. The number of amidine groups is 1. The first-order valence-corrected chi connectivity index (χ1v) is 12.5. The second kappa shape index (κ2) is 11.8. The molecule has 13 heteroatoms. The van der Waals surface area contributed by atoms with Gasteiger partial charge in [0.15, 0.2) is 5.84 Å². The molecule has 0 bridgehead atoms. The number of allylic oxidation sites excluding steroid dienone is 5. The molecule has 0 aromatic heterocycles. The number of nitrogens with two attached hydrogens (primary N) is 2. The monoisotopic (exact) mass is 563 g/mol. The molecule has 0 fully saturated rings. The summed E-state index contributed by atoms with van der Waals surface area (Å²) in [7, 11) is -3.47. The third-order valence-corrected chi connectivity index (χ3v) is 7.46. The Balaban J connectivity index is 2.48. The van der Waals surface area contributed by atoms with Crippen LogP contribution in [-0.4, -0.2) is 21.0 Å². The van der Waals surface area contributed by atoms with E-state index in [-0.39, 0.29) is 44.2 Å². The standard InChI is InChI=1S/C23H23Cl2F4N5OS/c1-4-7-18(24)21(25)14(2)36(3,35)33-20-12-16(23(27,28)29)11-10-15(20)13-34(31)32-22(30)17-8-5-6-9-19(17)26/h4-12H,1,3,13,31H2,2H3,(H2,30,32)(H,33,35)/b18-7+,21-14-. The van der Waals surface area contributed by atoms with Crippen molar-refractivity contribution in [3.05, 3.63) is 98.7 Å². The average molecular weight is 564 g/mol. The number of hydrazone groups is 1. The largest absolute Gasteiger partial charge is 0.416 e. The number of hydrazine groups is 1. The van der Waals surface area contributed by atoms with Gasteiger partial charge in [0, 0.05) is 4.91 Å². The number of alkyl halides is 3. The molecule has 2 aromatic rings. The summed E-state index contributed by atoms with van der Waals surface area (Å²) in [5.41, 5.74) is 4.75. The van der Waals surface area contributed by atoms with Gasteiger partial charge in [-0.2, -0.15) is 13.2 Å². The number of benzene rings is 2. The molecule has 5 N–H and O–H groups in total. The zero-order valence-corrected chi connectivity index (χ0v) is 21.3. The van der Waals surface area contributed by atoms with Crippen molar-refractivity contribution < 1.29 is 21.8 Å². The van der Waals surface area contributed by atoms with E-state index in [9.17, 15) is 21.8 Å². The van der Waals surface area contributed by atoms with Crippen molar-refractivity contribution in [2.75, 3.05) is 4.72 Å². The summed E-state index contributed by atoms with van der Waals surface area (Å²) in [4.78, 5) is -0.0120. The van der Waals surface area contributed by atoms with Crippen LogP contribution >= 0.6 is 23.2 Å². The second-order valence-electron chi connectivity index (χ2n) is 7.33. The SMILES string of the molecule is C=C/C=C(Cl)\C(Cl)=C(/C)S(=C)(=O)Nc1cc(C(F)(F)F)ccc1CN(N)/N=C(\N)c1ccccc1F. The number of nitrogens with zero attached hydrogens (tertiary/aromatic N) is 2. The summed E-state index contributed by atoms with van der Waals surface area (Å²) in [6.07, 6.45) is -1.99. The predicted octanol–water partition coefficient (Wildman–Crippen LogP) is 5.66. The third-order valence-electron chi connectivity index (χ3n) is 4.71. The minimum atomic E-state index is -4.69. The Morgan fingerprint density at radius 3 is 2.47 bits per heavy atom. The molecule has 0 saturated heterocycles. The van der Waals surface area contributed by atoms with Crippen molar-refractivity contribution in [1.82, 2.24) is 5.12 Å². The van der Waals surface area contributed by atoms with Gasteiger partial charge in [-0.05, 0) is 48.7 Å². The second-order valence-corrected chi connectivity index (χ2v) is 10.3. The van der Waals surface area contributed by atoms with Crippen LogP contribution in [0.15, 0.2) is 81.3 Å². The Labute approximate surface area is 216 Å². The van der Waals surface area contributed by atoms with Gasteiger partial charge < -0.3 is 10.5 Å². The number of halogens is 6. The van der Waals surface area contributed by atoms with Gasteiger partial charge in [0.2, 0.25) is 0 Å². The van der Waals surface area contributed by atoms with Crippen molar-refractivity contribution in [3.8, 4) is 0 Å². The normalized spacial score (nSPS) is 15.1. The van der Waals surface area contributed by atoms with E-state index in [1.54, 1.807) is 6.07 Å². The summed E-state index contributed by atoms with van der Waals surface area (Å²) < 4.78 is 69.9. The minimum absolute atomic E-state index is 0.0118. The molecule has 0 aliphatic heterocycles. The van der Waals surface area contributed by atoms with Gasteiger partial charge in [-0.15, -0.1) is 5.10 Å². The van der Waals surface area contributed by atoms with Crippen molar-refractivity contribution in [1.29, 1.82) is 0 Å². The molecule has 194 valence electrons. The first kappa shape index (κ1) is 29.2. The van der Waals surface area contributed by atoms with Crippen LogP contribution in [0, 0.1) is 5.82 Å². The van der Waals surface area contributed by atoms with Gasteiger partial charge in [-0.1, -0.05) is 54.1 Å². The number of nitrogens with one attached hydrogen (secondary N) is 1. The van der Waals surface area contributed by atoms with Crippen molar-refractivity contribution in [2.45, 2.75) is 19.6 Å². The molecule has 0 heterocycles. The highest BCUT2D eigenvalue weighted by Gasteiger charge is 2.31. The van der Waals surface area contributed by atoms with Crippen LogP contribution in [-0.2, 0) is 22.4 Å². The molecule has 0 amide bonds. The van der Waals surface area contributed by atoms with E-state index < -0.39 is 27.3 Å². The molecule has 1 unspecified atom stereocenters. The van der Waals surface area contributed by atoms with E-state index in [1.807, 2.05) is 0 Å². The predicted molar refractivity (Wildman–Crippen MR) is 140 cm³/mol. The van der Waals surface area contributed by atoms with E-state index in [1.165, 1.54) is 37.3 Å². The van der Waals surface area contributed by atoms with Gasteiger partial charge in [-0.3, -0.25) is 0 Å². The summed E-state index contributed by atoms with van der Waals surface area (Å²) >= 11 is 12.2. The molecule has 0 saturated carbocycles. The lowest BCUT2D eigenvalue weighted by atomic mass is 10.1. The zero-order valence-electron chi connectivity index (χ0n) is 19.0. The Morgan fingerprint density at radius 1 is 1.25 bits per heavy atom. The van der Waals surface area contributed by atoms with Gasteiger partial charge >= 0.3 is 6.18 Å². The maximum absolute atomic E-state index is 14.0. The number of hydrogen-bond donors (Lipinski definition) is 3. The number of hydrogen-bond acceptors (Lipinski definition) is 4. The van der Waals surface area contributed by atoms with E-state index >= 15 is 0 Å². The van der Waals surface area contributed by atoms with Crippen LogP contribution in [0.4, 0.5) is 23.2 Å². The lowest BCUT2D eigenvalue weighted by Gasteiger charge is -2.21. The number of anilines is 1. The lowest BCUT2D eigenvalue weighted by molar-refractivity contribution is -0.137. The highest BCUT2D eigenvalue weighted by atomic mass is 35.5. The third kappa shape index (κ3) is 7.50. The van der Waals surface area contributed by atoms with Crippen LogP contribution in [0.3, 0.4) is 0 Å². The van der Waals surface area contributed by atoms with Crippen LogP contribution in [0.25, 0.3) is 0 Å². The topological polar surface area (TPSA) is 96.7 Å². The zero-order chi connectivity index (χ0) is 27.3. The fraction of sp³-hybridized carbons (Fsp3) is 0.130. The van der Waals surface area contributed by atoms with Gasteiger partial charge in [0.05, 0.1) is 43.1 Å². The number of rotatable bonds is 9. The van der Waals surface area contributed by atoms with E-state index in [0.29, 0.717) is 0 Å². The molecule has 0 radical (unpaired) electrons. The molecule has 0 aliphatic carbocycles. The molecular formula is C23H23Cl2F4N5OS. The first-order chi connectivity index (χ1) is 16.7. The lowest BCUT2D eigenvalue weighted by Crippen LogP contribution is -2.30. The minimum Gasteiger partial charge on any atom is -0.382 e. The highest BCUT2D eigenvalue weighted by molar-refractivity contribution is 8.05. The van der Waals surface area contributed by atoms with Crippen LogP contribution in [0.5, 0.6) is 0 Å². The maximum Gasteiger partial charge on any atom is 0.416 e. The maximum atomic E-state index is 14.0. The highest BCUT2D eigenvalue weighted by Crippen LogP contribution is 2.34. The fourth-order valence-corrected chi connectivity index (χ4v) is 4.62. The smallest absolute Gasteiger partial charge is 0.382 e. The average Bonchev–Trinajstić information content (AvgIpc) is 2.78. The molecule has 0 spiro atoms. The summed E-state index contributed by atoms with van der Waals surface area (Å²) in [6, 6.07) is 8.27. The van der Waals surface area contributed by atoms with Gasteiger partial charge in [-0.25, -0.2) is 19.6 Å². The van der Waals surface area contributed by atoms with Gasteiger partial charge in [0.25, 0.3) is 0 Å². The van der Waals surface area contributed by atoms with Crippen LogP contribution in [0.1, 0.15) is 23.6 Å². The van der Waals surface area contributed by atoms with E-state index in [0.717, 1.165) is 23.3 Å². The van der Waals surface area contributed by atoms with Crippen molar-refractivity contribution >= 4 is 50.3 Å². The quantitative estimate of drug-likeness (QED) is 0.0697. The Hall–Kier alpha value is -2.99. The summed E-state index contributed by atoms with van der Waals surface area (Å²) in [5.74, 6) is 8.57. The molecule has 2 rings (SSSR count). The van der Waals surface area contributed by atoms with Crippen LogP contribution < -0.4 is 16.3 Å². The summed E-state index contributed by atoms with van der Waals surface area (Å²) in [5, 5.41) is 4.59.